The Balaban J connectivity index is 2.09. The Hall–Kier alpha value is -0.860. The molecule has 2 rings (SSSR count). The van der Waals surface area contributed by atoms with Crippen molar-refractivity contribution in [1.82, 2.24) is 4.90 Å². The summed E-state index contributed by atoms with van der Waals surface area (Å²) in [5, 5.41) is 9.80. The minimum Gasteiger partial charge on any atom is -0.392 e. The van der Waals surface area contributed by atoms with E-state index in [9.17, 15) is 5.11 Å². The van der Waals surface area contributed by atoms with Crippen LogP contribution in [0.5, 0.6) is 0 Å². The Kier molecular flexibility index (Phi) is 4.19. The monoisotopic (exact) mass is 233 g/mol. The number of hydrogen-bond donors (Lipinski definition) is 1. The number of rotatable bonds is 4. The Morgan fingerprint density at radius 2 is 2.29 bits per heavy atom. The number of hydrogen-bond acceptors (Lipinski definition) is 2. The van der Waals surface area contributed by atoms with E-state index < -0.39 is 0 Å². The molecule has 94 valence electrons. The number of aliphatic hydroxyl groups excluding tert-OH is 1. The standard InChI is InChI=1S/C15H23NO/c1-3-14(17)11-16-9-5-8-15(16)13-7-4-6-12(2)10-13/h4,6-7,10,14-15,17H,3,5,8-9,11H2,1-2H3. The summed E-state index contributed by atoms with van der Waals surface area (Å²) in [6.07, 6.45) is 3.13. The van der Waals surface area contributed by atoms with Crippen LogP contribution in [0.15, 0.2) is 24.3 Å². The van der Waals surface area contributed by atoms with Crippen molar-refractivity contribution in [1.29, 1.82) is 0 Å². The van der Waals surface area contributed by atoms with Crippen LogP contribution in [0.25, 0.3) is 0 Å². The molecule has 0 amide bonds. The molecule has 0 aliphatic carbocycles. The van der Waals surface area contributed by atoms with Gasteiger partial charge in [0, 0.05) is 12.6 Å². The molecule has 1 aromatic carbocycles. The van der Waals surface area contributed by atoms with E-state index in [2.05, 4.69) is 36.1 Å². The maximum absolute atomic E-state index is 9.80. The molecular formula is C15H23NO. The van der Waals surface area contributed by atoms with Gasteiger partial charge in [-0.25, -0.2) is 0 Å². The Morgan fingerprint density at radius 1 is 1.47 bits per heavy atom. The second-order valence-electron chi connectivity index (χ2n) is 5.13. The van der Waals surface area contributed by atoms with Gasteiger partial charge in [0.1, 0.15) is 0 Å². The number of nitrogens with zero attached hydrogens (tertiary/aromatic N) is 1. The van der Waals surface area contributed by atoms with Gasteiger partial charge in [0.15, 0.2) is 0 Å². The topological polar surface area (TPSA) is 23.5 Å². The molecule has 1 aliphatic rings. The first-order chi connectivity index (χ1) is 8.20. The first-order valence-electron chi connectivity index (χ1n) is 6.69. The zero-order valence-electron chi connectivity index (χ0n) is 10.9. The molecule has 0 spiro atoms. The molecule has 2 unspecified atom stereocenters. The SMILES string of the molecule is CCC(O)CN1CCCC1c1cccc(C)c1. The summed E-state index contributed by atoms with van der Waals surface area (Å²) in [5.74, 6) is 0. The normalized spacial score (nSPS) is 22.9. The van der Waals surface area contributed by atoms with Crippen LogP contribution in [0.4, 0.5) is 0 Å². The maximum atomic E-state index is 9.80. The van der Waals surface area contributed by atoms with Gasteiger partial charge in [-0.2, -0.15) is 0 Å². The summed E-state index contributed by atoms with van der Waals surface area (Å²) >= 11 is 0. The minimum absolute atomic E-state index is 0.180. The predicted octanol–water partition coefficient (Wildman–Crippen LogP) is 2.90. The van der Waals surface area contributed by atoms with Gasteiger partial charge in [0.05, 0.1) is 6.10 Å². The molecule has 1 N–H and O–H groups in total. The van der Waals surface area contributed by atoms with Crippen LogP contribution in [0.3, 0.4) is 0 Å². The number of β-amino-alcohol motifs (C(OH)–C–C–N with tert-alkyl or cyclic N) is 1. The zero-order chi connectivity index (χ0) is 12.3. The van der Waals surface area contributed by atoms with Crippen molar-refractivity contribution in [3.05, 3.63) is 35.4 Å². The molecule has 1 aromatic rings. The van der Waals surface area contributed by atoms with Gasteiger partial charge in [-0.1, -0.05) is 36.8 Å². The quantitative estimate of drug-likeness (QED) is 0.864. The largest absolute Gasteiger partial charge is 0.392 e. The first kappa shape index (κ1) is 12.6. The molecule has 17 heavy (non-hydrogen) atoms. The lowest BCUT2D eigenvalue weighted by atomic mass is 10.0. The molecule has 0 aromatic heterocycles. The smallest absolute Gasteiger partial charge is 0.0664 e. The van der Waals surface area contributed by atoms with E-state index >= 15 is 0 Å². The lowest BCUT2D eigenvalue weighted by molar-refractivity contribution is 0.103. The van der Waals surface area contributed by atoms with Gasteiger partial charge >= 0.3 is 0 Å². The van der Waals surface area contributed by atoms with Crippen LogP contribution >= 0.6 is 0 Å². The summed E-state index contributed by atoms with van der Waals surface area (Å²) in [6, 6.07) is 9.28. The van der Waals surface area contributed by atoms with Gasteiger partial charge in [-0.15, -0.1) is 0 Å². The average molecular weight is 233 g/mol. The summed E-state index contributed by atoms with van der Waals surface area (Å²) in [5.41, 5.74) is 2.73. The molecule has 2 nitrogen and oxygen atoms in total. The Bertz CT molecular complexity index is 364. The molecule has 1 fully saturated rings. The second kappa shape index (κ2) is 5.65. The Morgan fingerprint density at radius 3 is 3.00 bits per heavy atom. The third kappa shape index (κ3) is 3.08. The third-order valence-corrected chi connectivity index (χ3v) is 3.71. The molecule has 2 atom stereocenters. The van der Waals surface area contributed by atoms with Gasteiger partial charge in [0.25, 0.3) is 0 Å². The van der Waals surface area contributed by atoms with E-state index in [0.717, 1.165) is 19.5 Å². The van der Waals surface area contributed by atoms with E-state index in [0.29, 0.717) is 6.04 Å². The first-order valence-corrected chi connectivity index (χ1v) is 6.69. The van der Waals surface area contributed by atoms with Gasteiger partial charge in [-0.05, 0) is 38.3 Å². The summed E-state index contributed by atoms with van der Waals surface area (Å²) in [6.45, 7) is 6.12. The van der Waals surface area contributed by atoms with Crippen LogP contribution in [0, 0.1) is 6.92 Å². The van der Waals surface area contributed by atoms with E-state index in [1.165, 1.54) is 24.0 Å². The lowest BCUT2D eigenvalue weighted by Gasteiger charge is -2.27. The molecule has 0 saturated carbocycles. The molecule has 0 bridgehead atoms. The van der Waals surface area contributed by atoms with Gasteiger partial charge < -0.3 is 5.11 Å². The van der Waals surface area contributed by atoms with Crippen molar-refractivity contribution in [3.8, 4) is 0 Å². The lowest BCUT2D eigenvalue weighted by Crippen LogP contribution is -2.31. The van der Waals surface area contributed by atoms with Crippen molar-refractivity contribution in [2.45, 2.75) is 45.3 Å². The highest BCUT2D eigenvalue weighted by Gasteiger charge is 2.26. The molecular weight excluding hydrogens is 210 g/mol. The summed E-state index contributed by atoms with van der Waals surface area (Å²) < 4.78 is 0. The van der Waals surface area contributed by atoms with Crippen LogP contribution in [0.1, 0.15) is 43.4 Å². The van der Waals surface area contributed by atoms with Crippen molar-refractivity contribution >= 4 is 0 Å². The number of benzene rings is 1. The van der Waals surface area contributed by atoms with Crippen molar-refractivity contribution in [3.63, 3.8) is 0 Å². The summed E-state index contributed by atoms with van der Waals surface area (Å²) in [7, 11) is 0. The second-order valence-corrected chi connectivity index (χ2v) is 5.13. The van der Waals surface area contributed by atoms with Crippen LogP contribution in [-0.2, 0) is 0 Å². The fraction of sp³-hybridized carbons (Fsp3) is 0.600. The zero-order valence-corrected chi connectivity index (χ0v) is 10.9. The van der Waals surface area contributed by atoms with E-state index in [1.807, 2.05) is 6.92 Å². The Labute approximate surface area is 104 Å². The molecule has 0 radical (unpaired) electrons. The number of aliphatic hydroxyl groups is 1. The third-order valence-electron chi connectivity index (χ3n) is 3.71. The van der Waals surface area contributed by atoms with E-state index in [1.54, 1.807) is 0 Å². The van der Waals surface area contributed by atoms with E-state index in [-0.39, 0.29) is 6.10 Å². The van der Waals surface area contributed by atoms with Gasteiger partial charge in [-0.3, -0.25) is 4.90 Å². The maximum Gasteiger partial charge on any atom is 0.0664 e. The highest BCUT2D eigenvalue weighted by Crippen LogP contribution is 2.32. The van der Waals surface area contributed by atoms with Crippen molar-refractivity contribution < 1.29 is 5.11 Å². The fourth-order valence-corrected chi connectivity index (χ4v) is 2.70. The van der Waals surface area contributed by atoms with Gasteiger partial charge in [0.2, 0.25) is 0 Å². The summed E-state index contributed by atoms with van der Waals surface area (Å²) in [4.78, 5) is 2.43. The van der Waals surface area contributed by atoms with Crippen LogP contribution < -0.4 is 0 Å². The predicted molar refractivity (Wildman–Crippen MR) is 71.0 cm³/mol. The van der Waals surface area contributed by atoms with Crippen LogP contribution in [-0.4, -0.2) is 29.2 Å². The van der Waals surface area contributed by atoms with E-state index in [4.69, 9.17) is 0 Å². The number of aryl methyl sites for hydroxylation is 1. The van der Waals surface area contributed by atoms with Crippen LogP contribution in [0.2, 0.25) is 0 Å². The highest BCUT2D eigenvalue weighted by molar-refractivity contribution is 5.25. The van der Waals surface area contributed by atoms with Crippen molar-refractivity contribution in [2.75, 3.05) is 13.1 Å². The van der Waals surface area contributed by atoms with Crippen molar-refractivity contribution in [2.24, 2.45) is 0 Å². The average Bonchev–Trinajstić information content (AvgIpc) is 2.77. The molecule has 1 heterocycles. The fourth-order valence-electron chi connectivity index (χ4n) is 2.70. The molecule has 1 aliphatic heterocycles. The minimum atomic E-state index is -0.180. The number of likely N-dealkylation sites (tertiary alicyclic amines) is 1. The molecule has 1 saturated heterocycles. The highest BCUT2D eigenvalue weighted by atomic mass is 16.3. The molecule has 2 heteroatoms.